The van der Waals surface area contributed by atoms with Crippen LogP contribution in [0.4, 0.5) is 0 Å². The smallest absolute Gasteiger partial charge is 0.253 e. The maximum atomic E-state index is 12.9. The van der Waals surface area contributed by atoms with Crippen LogP contribution in [0.2, 0.25) is 0 Å². The summed E-state index contributed by atoms with van der Waals surface area (Å²) in [4.78, 5) is 28.5. The molecule has 0 radical (unpaired) electrons. The summed E-state index contributed by atoms with van der Waals surface area (Å²) in [5.74, 6) is 2.04. The van der Waals surface area contributed by atoms with Crippen LogP contribution in [0.1, 0.15) is 47.6 Å². The highest BCUT2D eigenvalue weighted by molar-refractivity contribution is 5.94. The van der Waals surface area contributed by atoms with Gasteiger partial charge in [0.25, 0.3) is 5.91 Å². The fourth-order valence-electron chi connectivity index (χ4n) is 3.75. The number of piperidine rings is 1. The van der Waals surface area contributed by atoms with Crippen LogP contribution in [0.25, 0.3) is 5.82 Å². The van der Waals surface area contributed by atoms with Crippen molar-refractivity contribution in [2.75, 3.05) is 13.1 Å². The van der Waals surface area contributed by atoms with Crippen molar-refractivity contribution in [2.45, 2.75) is 32.1 Å². The highest BCUT2D eigenvalue weighted by atomic mass is 16.2. The monoisotopic (exact) mass is 361 g/mol. The summed E-state index contributed by atoms with van der Waals surface area (Å²) >= 11 is 0. The number of benzene rings is 1. The lowest BCUT2D eigenvalue weighted by molar-refractivity contribution is 0.0705. The molecule has 6 nitrogen and oxygen atoms in total. The SMILES string of the molecule is CCc1nccn1-c1nccnc1[C@@H]1CCCN(C(=O)c2ccccc2)C1. The van der Waals surface area contributed by atoms with Gasteiger partial charge in [0.05, 0.1) is 5.69 Å². The molecule has 1 amide bonds. The zero-order valence-corrected chi connectivity index (χ0v) is 15.5. The van der Waals surface area contributed by atoms with E-state index in [1.54, 1.807) is 18.6 Å². The van der Waals surface area contributed by atoms with Crippen LogP contribution in [0, 0.1) is 0 Å². The van der Waals surface area contributed by atoms with Gasteiger partial charge >= 0.3 is 0 Å². The summed E-state index contributed by atoms with van der Waals surface area (Å²) in [6.07, 6.45) is 9.97. The third kappa shape index (κ3) is 3.47. The largest absolute Gasteiger partial charge is 0.338 e. The molecule has 1 saturated heterocycles. The molecule has 0 unspecified atom stereocenters. The normalized spacial score (nSPS) is 17.1. The van der Waals surface area contributed by atoms with E-state index >= 15 is 0 Å². The number of rotatable bonds is 4. The quantitative estimate of drug-likeness (QED) is 0.716. The molecule has 2 aromatic heterocycles. The van der Waals surface area contributed by atoms with Gasteiger partial charge in [0.2, 0.25) is 0 Å². The number of imidazole rings is 1. The van der Waals surface area contributed by atoms with E-state index in [0.717, 1.165) is 48.7 Å². The van der Waals surface area contributed by atoms with Gasteiger partial charge in [0, 0.05) is 55.8 Å². The van der Waals surface area contributed by atoms with Crippen LogP contribution < -0.4 is 0 Å². The second-order valence-electron chi connectivity index (χ2n) is 6.79. The van der Waals surface area contributed by atoms with Crippen molar-refractivity contribution in [1.82, 2.24) is 24.4 Å². The Labute approximate surface area is 158 Å². The standard InChI is InChI=1S/C21H23N5O/c1-2-18-22-12-14-26(18)20-19(23-10-11-24-20)17-9-6-13-25(15-17)21(27)16-7-4-3-5-8-16/h3-5,7-8,10-12,14,17H,2,6,9,13,15H2,1H3/t17-/m1/s1. The second-order valence-corrected chi connectivity index (χ2v) is 6.79. The van der Waals surface area contributed by atoms with Crippen molar-refractivity contribution in [3.05, 3.63) is 72.2 Å². The number of carbonyl (C=O) groups excluding carboxylic acids is 1. The Morgan fingerprint density at radius 1 is 1.11 bits per heavy atom. The molecule has 0 saturated carbocycles. The average Bonchev–Trinajstić information content (AvgIpc) is 3.23. The third-order valence-corrected chi connectivity index (χ3v) is 5.08. The minimum atomic E-state index is 0.0858. The van der Waals surface area contributed by atoms with Gasteiger partial charge in [-0.2, -0.15) is 0 Å². The molecule has 1 aromatic carbocycles. The zero-order chi connectivity index (χ0) is 18.6. The lowest BCUT2D eigenvalue weighted by Crippen LogP contribution is -2.39. The number of hydrogen-bond acceptors (Lipinski definition) is 4. The van der Waals surface area contributed by atoms with Crippen molar-refractivity contribution >= 4 is 5.91 Å². The lowest BCUT2D eigenvalue weighted by Gasteiger charge is -2.33. The number of aryl methyl sites for hydroxylation is 1. The zero-order valence-electron chi connectivity index (χ0n) is 15.5. The van der Waals surface area contributed by atoms with Gasteiger partial charge in [-0.1, -0.05) is 25.1 Å². The van der Waals surface area contributed by atoms with E-state index in [1.807, 2.05) is 46.0 Å². The van der Waals surface area contributed by atoms with Gasteiger partial charge in [-0.05, 0) is 25.0 Å². The first-order chi connectivity index (χ1) is 13.3. The van der Waals surface area contributed by atoms with Gasteiger partial charge in [-0.3, -0.25) is 14.3 Å². The Balaban J connectivity index is 1.62. The van der Waals surface area contributed by atoms with E-state index < -0.39 is 0 Å². The Hall–Kier alpha value is -3.02. The lowest BCUT2D eigenvalue weighted by atomic mass is 9.93. The maximum absolute atomic E-state index is 12.9. The Morgan fingerprint density at radius 2 is 1.93 bits per heavy atom. The molecule has 0 bridgehead atoms. The third-order valence-electron chi connectivity index (χ3n) is 5.08. The van der Waals surface area contributed by atoms with Crippen molar-refractivity contribution < 1.29 is 4.79 Å². The molecule has 0 spiro atoms. The Morgan fingerprint density at radius 3 is 2.74 bits per heavy atom. The van der Waals surface area contributed by atoms with Gasteiger partial charge in [-0.15, -0.1) is 0 Å². The van der Waals surface area contributed by atoms with Crippen molar-refractivity contribution in [3.63, 3.8) is 0 Å². The molecule has 1 fully saturated rings. The van der Waals surface area contributed by atoms with Crippen LogP contribution in [0.15, 0.2) is 55.1 Å². The molecule has 1 atom stereocenters. The Bertz CT molecular complexity index is 921. The van der Waals surface area contributed by atoms with E-state index in [1.165, 1.54) is 0 Å². The summed E-state index contributed by atoms with van der Waals surface area (Å²) < 4.78 is 2.01. The van der Waals surface area contributed by atoms with Crippen LogP contribution in [-0.4, -0.2) is 43.4 Å². The number of nitrogens with zero attached hydrogens (tertiary/aromatic N) is 5. The Kier molecular flexibility index (Phi) is 4.96. The summed E-state index contributed by atoms with van der Waals surface area (Å²) in [5.41, 5.74) is 1.68. The molecule has 138 valence electrons. The van der Waals surface area contributed by atoms with Gasteiger partial charge in [0.1, 0.15) is 5.82 Å². The van der Waals surface area contributed by atoms with E-state index in [9.17, 15) is 4.79 Å². The van der Waals surface area contributed by atoms with E-state index in [0.29, 0.717) is 6.54 Å². The molecular weight excluding hydrogens is 338 g/mol. The molecule has 4 rings (SSSR count). The molecule has 1 aliphatic heterocycles. The fraction of sp³-hybridized carbons (Fsp3) is 0.333. The summed E-state index contributed by atoms with van der Waals surface area (Å²) in [6.45, 7) is 3.52. The number of aromatic nitrogens is 4. The van der Waals surface area contributed by atoms with Crippen molar-refractivity contribution in [1.29, 1.82) is 0 Å². The van der Waals surface area contributed by atoms with Gasteiger partial charge < -0.3 is 4.90 Å². The molecule has 0 N–H and O–H groups in total. The van der Waals surface area contributed by atoms with Crippen LogP contribution in [0.3, 0.4) is 0 Å². The highest BCUT2D eigenvalue weighted by Crippen LogP contribution is 2.29. The molecule has 27 heavy (non-hydrogen) atoms. The minimum Gasteiger partial charge on any atom is -0.338 e. The number of carbonyl (C=O) groups is 1. The van der Waals surface area contributed by atoms with Gasteiger partial charge in [-0.25, -0.2) is 9.97 Å². The molecule has 1 aliphatic rings. The fourth-order valence-corrected chi connectivity index (χ4v) is 3.75. The predicted molar refractivity (Wildman–Crippen MR) is 103 cm³/mol. The summed E-state index contributed by atoms with van der Waals surface area (Å²) in [5, 5.41) is 0. The molecule has 3 heterocycles. The van der Waals surface area contributed by atoms with Crippen LogP contribution >= 0.6 is 0 Å². The number of likely N-dealkylation sites (tertiary alicyclic amines) is 1. The second kappa shape index (κ2) is 7.70. The molecule has 6 heteroatoms. The van der Waals surface area contributed by atoms with Gasteiger partial charge in [0.15, 0.2) is 5.82 Å². The molecular formula is C21H23N5O. The van der Waals surface area contributed by atoms with Crippen LogP contribution in [-0.2, 0) is 6.42 Å². The first-order valence-electron chi connectivity index (χ1n) is 9.45. The van der Waals surface area contributed by atoms with Crippen molar-refractivity contribution in [2.24, 2.45) is 0 Å². The first kappa shape index (κ1) is 17.4. The van der Waals surface area contributed by atoms with E-state index in [-0.39, 0.29) is 11.8 Å². The highest BCUT2D eigenvalue weighted by Gasteiger charge is 2.28. The average molecular weight is 361 g/mol. The topological polar surface area (TPSA) is 63.9 Å². The predicted octanol–water partition coefficient (Wildman–Crippen LogP) is 3.24. The molecule has 0 aliphatic carbocycles. The minimum absolute atomic E-state index is 0.0858. The number of hydrogen-bond donors (Lipinski definition) is 0. The van der Waals surface area contributed by atoms with E-state index in [2.05, 4.69) is 21.9 Å². The summed E-state index contributed by atoms with van der Waals surface area (Å²) in [6, 6.07) is 9.48. The van der Waals surface area contributed by atoms with Crippen LogP contribution in [0.5, 0.6) is 0 Å². The van der Waals surface area contributed by atoms with E-state index in [4.69, 9.17) is 0 Å². The molecule has 3 aromatic rings. The van der Waals surface area contributed by atoms with Crippen molar-refractivity contribution in [3.8, 4) is 5.82 Å². The summed E-state index contributed by atoms with van der Waals surface area (Å²) in [7, 11) is 0. The number of amides is 1. The first-order valence-corrected chi connectivity index (χ1v) is 9.45. The maximum Gasteiger partial charge on any atom is 0.253 e.